The van der Waals surface area contributed by atoms with E-state index < -0.39 is 8.32 Å². The van der Waals surface area contributed by atoms with Crippen LogP contribution in [0.2, 0.25) is 19.6 Å². The fourth-order valence-electron chi connectivity index (χ4n) is 2.09. The van der Waals surface area contributed by atoms with Gasteiger partial charge in [0.15, 0.2) is 0 Å². The summed E-state index contributed by atoms with van der Waals surface area (Å²) >= 11 is 0. The summed E-state index contributed by atoms with van der Waals surface area (Å²) in [6.45, 7) is 10.9. The molecule has 17 heavy (non-hydrogen) atoms. The Morgan fingerprint density at radius 3 is 2.18 bits per heavy atom. The van der Waals surface area contributed by atoms with Crippen LogP contribution in [-0.2, 0) is 0 Å². The summed E-state index contributed by atoms with van der Waals surface area (Å²) < 4.78 is 6.13. The Labute approximate surface area is 105 Å². The smallest absolute Gasteiger partial charge is 0.242 e. The largest absolute Gasteiger partial charge is 0.544 e. The first-order chi connectivity index (χ1) is 7.87. The number of hydrogen-bond acceptors (Lipinski definition) is 1. The zero-order valence-electron chi connectivity index (χ0n) is 11.3. The number of hydrogen-bond donors (Lipinski definition) is 0. The monoisotopic (exact) mass is 244 g/mol. The second-order valence-corrected chi connectivity index (χ2v) is 10.1. The summed E-state index contributed by atoms with van der Waals surface area (Å²) in [5.74, 6) is 1.04. The molecule has 0 N–H and O–H groups in total. The van der Waals surface area contributed by atoms with Crippen LogP contribution in [0.15, 0.2) is 30.3 Å². The summed E-state index contributed by atoms with van der Waals surface area (Å²) in [7, 11) is -1.54. The lowest BCUT2D eigenvalue weighted by Gasteiger charge is -2.19. The minimum Gasteiger partial charge on any atom is -0.544 e. The van der Waals surface area contributed by atoms with Crippen LogP contribution < -0.4 is 4.43 Å². The zero-order valence-corrected chi connectivity index (χ0v) is 12.3. The van der Waals surface area contributed by atoms with Crippen LogP contribution in [0, 0.1) is 13.8 Å². The highest BCUT2D eigenvalue weighted by molar-refractivity contribution is 6.70. The Bertz CT molecular complexity index is 511. The molecular formula is C15H20OSi. The maximum Gasteiger partial charge on any atom is 0.242 e. The Kier molecular flexibility index (Phi) is 3.00. The molecule has 0 aliphatic heterocycles. The molecule has 2 rings (SSSR count). The van der Waals surface area contributed by atoms with E-state index in [1.165, 1.54) is 22.3 Å². The second-order valence-electron chi connectivity index (χ2n) is 5.64. The van der Waals surface area contributed by atoms with E-state index in [1.807, 2.05) is 0 Å². The van der Waals surface area contributed by atoms with E-state index in [9.17, 15) is 0 Å². The van der Waals surface area contributed by atoms with Gasteiger partial charge < -0.3 is 4.43 Å². The van der Waals surface area contributed by atoms with Crippen molar-refractivity contribution in [3.8, 4) is 16.9 Å². The predicted molar refractivity (Wildman–Crippen MR) is 76.5 cm³/mol. The van der Waals surface area contributed by atoms with Gasteiger partial charge in [-0.1, -0.05) is 29.8 Å². The summed E-state index contributed by atoms with van der Waals surface area (Å²) in [6, 6.07) is 10.8. The summed E-state index contributed by atoms with van der Waals surface area (Å²) in [5.41, 5.74) is 5.13. The molecule has 0 heterocycles. The molecule has 2 aliphatic rings. The Morgan fingerprint density at radius 1 is 0.882 bits per heavy atom. The van der Waals surface area contributed by atoms with Crippen LogP contribution in [0.1, 0.15) is 11.1 Å². The van der Waals surface area contributed by atoms with Crippen molar-refractivity contribution in [3.63, 3.8) is 0 Å². The molecule has 0 aromatic heterocycles. The van der Waals surface area contributed by atoms with Crippen LogP contribution in [0.4, 0.5) is 0 Å². The normalized spacial score (nSPS) is 11.8. The van der Waals surface area contributed by atoms with Gasteiger partial charge in [0.05, 0.1) is 0 Å². The van der Waals surface area contributed by atoms with Gasteiger partial charge in [-0.3, -0.25) is 0 Å². The number of aryl methyl sites for hydroxylation is 2. The third kappa shape index (κ3) is 2.70. The van der Waals surface area contributed by atoms with Gasteiger partial charge in [-0.05, 0) is 50.7 Å². The van der Waals surface area contributed by atoms with Crippen molar-refractivity contribution in [2.75, 3.05) is 0 Å². The number of fused-ring (bicyclic) bond motifs is 1. The van der Waals surface area contributed by atoms with Gasteiger partial charge in [0.1, 0.15) is 5.75 Å². The molecule has 0 atom stereocenters. The van der Waals surface area contributed by atoms with Crippen LogP contribution in [-0.4, -0.2) is 8.32 Å². The SMILES string of the molecule is Cc1ccc2c(O[Si](C)(C)C)ccc-2c(C)c1. The molecule has 0 aromatic carbocycles. The van der Waals surface area contributed by atoms with Gasteiger partial charge >= 0.3 is 0 Å². The Balaban J connectivity index is 2.52. The van der Waals surface area contributed by atoms with Crippen molar-refractivity contribution >= 4 is 8.32 Å². The van der Waals surface area contributed by atoms with Crippen molar-refractivity contribution in [2.24, 2.45) is 0 Å². The van der Waals surface area contributed by atoms with Gasteiger partial charge in [-0.25, -0.2) is 0 Å². The van der Waals surface area contributed by atoms with Gasteiger partial charge in [0.25, 0.3) is 0 Å². The average molecular weight is 244 g/mol. The van der Waals surface area contributed by atoms with Crippen molar-refractivity contribution in [3.05, 3.63) is 41.5 Å². The lowest BCUT2D eigenvalue weighted by Crippen LogP contribution is -2.29. The van der Waals surface area contributed by atoms with Crippen LogP contribution in [0.25, 0.3) is 11.1 Å². The fraction of sp³-hybridized carbons (Fsp3) is 0.333. The van der Waals surface area contributed by atoms with E-state index in [1.54, 1.807) is 0 Å². The summed E-state index contributed by atoms with van der Waals surface area (Å²) in [6.07, 6.45) is 0. The molecule has 0 fully saturated rings. The Hall–Kier alpha value is -1.28. The highest BCUT2D eigenvalue weighted by Crippen LogP contribution is 2.37. The molecular weight excluding hydrogens is 224 g/mol. The molecule has 0 saturated heterocycles. The predicted octanol–water partition coefficient (Wildman–Crippen LogP) is 4.62. The van der Waals surface area contributed by atoms with E-state index in [4.69, 9.17) is 4.43 Å². The molecule has 0 aromatic rings. The third-order valence-corrected chi connectivity index (χ3v) is 3.59. The van der Waals surface area contributed by atoms with Crippen LogP contribution in [0.3, 0.4) is 0 Å². The lowest BCUT2D eigenvalue weighted by atomic mass is 10.1. The summed E-state index contributed by atoms with van der Waals surface area (Å²) in [4.78, 5) is 0. The standard InChI is InChI=1S/C15H20OSi/c1-11-6-7-14-13(12(2)10-11)8-9-15(14)16-17(3,4)5/h6-10H,1-5H3. The highest BCUT2D eigenvalue weighted by Gasteiger charge is 2.20. The maximum atomic E-state index is 6.13. The van der Waals surface area contributed by atoms with Gasteiger partial charge in [-0.2, -0.15) is 0 Å². The van der Waals surface area contributed by atoms with Crippen molar-refractivity contribution < 1.29 is 4.43 Å². The van der Waals surface area contributed by atoms with Gasteiger partial charge in [0.2, 0.25) is 8.32 Å². The third-order valence-electron chi connectivity index (χ3n) is 2.76. The van der Waals surface area contributed by atoms with Crippen LogP contribution in [0.5, 0.6) is 5.75 Å². The molecule has 2 aliphatic carbocycles. The molecule has 0 unspecified atom stereocenters. The molecule has 0 spiro atoms. The van der Waals surface area contributed by atoms with Gasteiger partial charge in [-0.15, -0.1) is 0 Å². The van der Waals surface area contributed by atoms with Crippen molar-refractivity contribution in [2.45, 2.75) is 33.5 Å². The molecule has 0 radical (unpaired) electrons. The van der Waals surface area contributed by atoms with Crippen molar-refractivity contribution in [1.82, 2.24) is 0 Å². The maximum absolute atomic E-state index is 6.13. The second kappa shape index (κ2) is 4.19. The zero-order chi connectivity index (χ0) is 12.6. The van der Waals surface area contributed by atoms with E-state index in [-0.39, 0.29) is 0 Å². The lowest BCUT2D eigenvalue weighted by molar-refractivity contribution is 0.562. The number of rotatable bonds is 2. The van der Waals surface area contributed by atoms with Crippen LogP contribution >= 0.6 is 0 Å². The topological polar surface area (TPSA) is 9.23 Å². The van der Waals surface area contributed by atoms with E-state index in [0.717, 1.165) is 5.75 Å². The highest BCUT2D eigenvalue weighted by atomic mass is 28.4. The molecule has 90 valence electrons. The first-order valence-corrected chi connectivity index (χ1v) is 9.47. The molecule has 0 amide bonds. The first-order valence-electron chi connectivity index (χ1n) is 6.06. The van der Waals surface area contributed by atoms with Crippen molar-refractivity contribution in [1.29, 1.82) is 0 Å². The molecule has 0 saturated carbocycles. The van der Waals surface area contributed by atoms with E-state index in [0.29, 0.717) is 0 Å². The molecule has 2 heteroatoms. The minimum absolute atomic E-state index is 1.04. The Morgan fingerprint density at radius 2 is 1.53 bits per heavy atom. The fourth-order valence-corrected chi connectivity index (χ4v) is 2.93. The average Bonchev–Trinajstić information content (AvgIpc) is 2.48. The minimum atomic E-state index is -1.54. The van der Waals surface area contributed by atoms with E-state index in [2.05, 4.69) is 63.8 Å². The summed E-state index contributed by atoms with van der Waals surface area (Å²) in [5, 5.41) is 0. The molecule has 1 nitrogen and oxygen atoms in total. The quantitative estimate of drug-likeness (QED) is 0.700. The molecule has 0 bridgehead atoms. The van der Waals surface area contributed by atoms with E-state index >= 15 is 0 Å². The first kappa shape index (κ1) is 12.2. The van der Waals surface area contributed by atoms with Gasteiger partial charge in [0, 0.05) is 5.56 Å².